The molecule has 4 aliphatic carbocycles. The molecule has 4 rings (SSSR count). The lowest BCUT2D eigenvalue weighted by Gasteiger charge is -2.64. The van der Waals surface area contributed by atoms with Gasteiger partial charge in [-0.25, -0.2) is 0 Å². The highest BCUT2D eigenvalue weighted by Gasteiger charge is 2.67. The lowest BCUT2D eigenvalue weighted by molar-refractivity contribution is -0.224. The van der Waals surface area contributed by atoms with Gasteiger partial charge < -0.3 is 18.9 Å². The minimum Gasteiger partial charge on any atom is -0.464 e. The third-order valence-corrected chi connectivity index (χ3v) is 12.5. The van der Waals surface area contributed by atoms with Crippen molar-refractivity contribution in [3.8, 4) is 0 Å². The third kappa shape index (κ3) is 7.26. The molecule has 12 heteroatoms. The van der Waals surface area contributed by atoms with E-state index in [-0.39, 0.29) is 83.6 Å². The molecule has 44 heavy (non-hydrogen) atoms. The zero-order chi connectivity index (χ0) is 32.6. The van der Waals surface area contributed by atoms with Crippen molar-refractivity contribution in [2.45, 2.75) is 118 Å². The highest BCUT2D eigenvalue weighted by Crippen LogP contribution is 2.69. The van der Waals surface area contributed by atoms with Crippen molar-refractivity contribution in [2.75, 3.05) is 12.4 Å². The second-order valence-corrected chi connectivity index (χ2v) is 15.9. The molecule has 4 aliphatic rings. The average Bonchev–Trinajstić information content (AvgIpc) is 3.25. The molecule has 11 nitrogen and oxygen atoms in total. The van der Waals surface area contributed by atoms with Crippen molar-refractivity contribution in [3.63, 3.8) is 0 Å². The topological polar surface area (TPSA) is 160 Å². The maximum Gasteiger partial charge on any atom is 0.305 e. The largest absolute Gasteiger partial charge is 0.464 e. The minimum atomic E-state index is -4.21. The Balaban J connectivity index is 1.59. The number of rotatable bonds is 10. The van der Waals surface area contributed by atoms with Crippen LogP contribution in [0.2, 0.25) is 0 Å². The number of carbonyl (C=O) groups is 4. The van der Waals surface area contributed by atoms with E-state index in [1.54, 1.807) is 0 Å². The summed E-state index contributed by atoms with van der Waals surface area (Å²) in [4.78, 5) is 49.1. The Bertz CT molecular complexity index is 1220. The van der Waals surface area contributed by atoms with E-state index in [4.69, 9.17) is 23.5 Å². The fourth-order valence-electron chi connectivity index (χ4n) is 10.00. The first-order valence-electron chi connectivity index (χ1n) is 16.1. The van der Waals surface area contributed by atoms with E-state index in [9.17, 15) is 27.6 Å². The molecule has 0 spiro atoms. The van der Waals surface area contributed by atoms with Gasteiger partial charge in [0.2, 0.25) is 0 Å². The predicted octanol–water partition coefficient (Wildman–Crippen LogP) is 4.51. The number of fused-ring (bicyclic) bond motifs is 5. The molecule has 0 radical (unpaired) electrons. The maximum atomic E-state index is 12.5. The smallest absolute Gasteiger partial charge is 0.305 e. The monoisotopic (exact) mass is 642 g/mol. The molecule has 11 atom stereocenters. The molecular formula is C32H50O11S. The Morgan fingerprint density at radius 1 is 0.886 bits per heavy atom. The van der Waals surface area contributed by atoms with Crippen LogP contribution in [0.3, 0.4) is 0 Å². The van der Waals surface area contributed by atoms with Crippen LogP contribution in [0.5, 0.6) is 0 Å². The van der Waals surface area contributed by atoms with Crippen molar-refractivity contribution in [1.29, 1.82) is 0 Å². The zero-order valence-corrected chi connectivity index (χ0v) is 27.7. The minimum absolute atomic E-state index is 0.0759. The fraction of sp³-hybridized carbons (Fsp3) is 0.875. The summed E-state index contributed by atoms with van der Waals surface area (Å²) in [5, 5.41) is 0. The van der Waals surface area contributed by atoms with E-state index in [0.717, 1.165) is 32.1 Å². The van der Waals surface area contributed by atoms with Gasteiger partial charge in [0.1, 0.15) is 30.7 Å². The molecule has 4 saturated carbocycles. The molecule has 0 saturated heterocycles. The first kappa shape index (κ1) is 34.7. The molecule has 6 unspecified atom stereocenters. The molecule has 0 bridgehead atoms. The van der Waals surface area contributed by atoms with Crippen molar-refractivity contribution in [1.82, 2.24) is 0 Å². The Morgan fingerprint density at radius 2 is 1.55 bits per heavy atom. The van der Waals surface area contributed by atoms with Gasteiger partial charge in [0, 0.05) is 38.5 Å². The highest BCUT2D eigenvalue weighted by atomic mass is 32.2. The number of esters is 4. The van der Waals surface area contributed by atoms with Gasteiger partial charge in [-0.2, -0.15) is 8.42 Å². The van der Waals surface area contributed by atoms with Crippen molar-refractivity contribution in [2.24, 2.45) is 46.3 Å². The second-order valence-electron chi connectivity index (χ2n) is 14.3. The van der Waals surface area contributed by atoms with Crippen molar-refractivity contribution < 1.29 is 51.1 Å². The van der Waals surface area contributed by atoms with Gasteiger partial charge in [-0.3, -0.25) is 23.7 Å². The van der Waals surface area contributed by atoms with Crippen LogP contribution in [0.15, 0.2) is 0 Å². The maximum absolute atomic E-state index is 12.5. The van der Waals surface area contributed by atoms with Crippen LogP contribution in [0.4, 0.5) is 0 Å². The summed E-state index contributed by atoms with van der Waals surface area (Å²) >= 11 is 0. The molecule has 0 aromatic heterocycles. The van der Waals surface area contributed by atoms with E-state index in [0.29, 0.717) is 19.3 Å². The average molecular weight is 643 g/mol. The molecule has 1 N–H and O–H groups in total. The molecule has 0 aromatic carbocycles. The van der Waals surface area contributed by atoms with Gasteiger partial charge >= 0.3 is 23.9 Å². The zero-order valence-electron chi connectivity index (χ0n) is 26.9. The number of carbonyl (C=O) groups excluding carboxylic acids is 4. The number of ether oxygens (including phenoxy) is 4. The van der Waals surface area contributed by atoms with E-state index in [1.807, 2.05) is 0 Å². The van der Waals surface area contributed by atoms with Crippen LogP contribution in [0, 0.1) is 46.3 Å². The summed E-state index contributed by atoms with van der Waals surface area (Å²) in [6, 6.07) is 0. The van der Waals surface area contributed by atoms with Crippen molar-refractivity contribution >= 4 is 34.0 Å². The molecule has 0 amide bonds. The Labute approximate surface area is 261 Å². The Kier molecular flexibility index (Phi) is 10.4. The van der Waals surface area contributed by atoms with Gasteiger partial charge in [-0.15, -0.1) is 0 Å². The van der Waals surface area contributed by atoms with Crippen LogP contribution >= 0.6 is 0 Å². The quantitative estimate of drug-likeness (QED) is 0.203. The van der Waals surface area contributed by atoms with E-state index < -0.39 is 33.9 Å². The molecule has 0 aromatic rings. The lowest BCUT2D eigenvalue weighted by atomic mass is 9.43. The summed E-state index contributed by atoms with van der Waals surface area (Å²) < 4.78 is 53.7. The van der Waals surface area contributed by atoms with E-state index in [2.05, 4.69) is 20.8 Å². The van der Waals surface area contributed by atoms with Gasteiger partial charge in [0.15, 0.2) is 0 Å². The van der Waals surface area contributed by atoms with Crippen LogP contribution in [0.1, 0.15) is 99.3 Å². The lowest BCUT2D eigenvalue weighted by Crippen LogP contribution is -2.63. The van der Waals surface area contributed by atoms with Crippen LogP contribution in [-0.2, 0) is 48.2 Å². The Hall–Kier alpha value is -2.21. The van der Waals surface area contributed by atoms with Crippen LogP contribution in [-0.4, -0.2) is 67.5 Å². The first-order valence-corrected chi connectivity index (χ1v) is 17.7. The summed E-state index contributed by atoms with van der Waals surface area (Å²) in [5.41, 5.74) is -0.495. The van der Waals surface area contributed by atoms with Gasteiger partial charge in [0.05, 0.1) is 0 Å². The Morgan fingerprint density at radius 3 is 2.16 bits per heavy atom. The summed E-state index contributed by atoms with van der Waals surface area (Å²) in [7, 11) is -4.21. The van der Waals surface area contributed by atoms with E-state index >= 15 is 0 Å². The van der Waals surface area contributed by atoms with Gasteiger partial charge in [-0.05, 0) is 86.4 Å². The first-order chi connectivity index (χ1) is 20.5. The summed E-state index contributed by atoms with van der Waals surface area (Å²) in [6.07, 6.45) is 5.32. The highest BCUT2D eigenvalue weighted by molar-refractivity contribution is 7.85. The van der Waals surface area contributed by atoms with Crippen molar-refractivity contribution in [3.05, 3.63) is 0 Å². The summed E-state index contributed by atoms with van der Waals surface area (Å²) in [5.74, 6) is -1.33. The number of hydrogen-bond donors (Lipinski definition) is 1. The molecule has 0 heterocycles. The van der Waals surface area contributed by atoms with Crippen LogP contribution < -0.4 is 0 Å². The number of hydrogen-bond acceptors (Lipinski definition) is 10. The molecule has 0 aliphatic heterocycles. The summed E-state index contributed by atoms with van der Waals surface area (Å²) in [6.45, 7) is 10.5. The SMILES string of the molecule is CC(=O)OC1CCC2(C)C(C1)CC(OC(C)=O)[C@@H]1[C@@H]2CC(OC(C)=O)[C@]2(C)C([C@H](C)CCC(=O)OCCS(=O)(=O)O)CC[C@@H]12. The molecule has 250 valence electrons. The fourth-order valence-corrected chi connectivity index (χ4v) is 10.3. The van der Waals surface area contributed by atoms with Crippen LogP contribution in [0.25, 0.3) is 0 Å². The standard InChI is InChI=1S/C32H50O11S/c1-18(7-10-29(36)40-13-14-44(37,38)39)24-8-9-25-30-26(17-28(32(24,25)6)43-21(4)35)31(5)12-11-23(41-19(2)33)15-22(31)16-27(30)42-20(3)34/h18,22-28,30H,7-17H2,1-6H3,(H,37,38,39)/t18-,22?,23?,24?,25+,26+,27?,28?,30+,31?,32-/m1/s1. The van der Waals surface area contributed by atoms with Gasteiger partial charge in [0.25, 0.3) is 10.1 Å². The van der Waals surface area contributed by atoms with E-state index in [1.165, 1.54) is 20.8 Å². The third-order valence-electron chi connectivity index (χ3n) is 11.8. The molecular weight excluding hydrogens is 592 g/mol. The molecule has 4 fully saturated rings. The van der Waals surface area contributed by atoms with Gasteiger partial charge in [-0.1, -0.05) is 20.8 Å². The normalized spacial score (nSPS) is 38.7. The second kappa shape index (κ2) is 13.3. The predicted molar refractivity (Wildman–Crippen MR) is 158 cm³/mol.